The lowest BCUT2D eigenvalue weighted by Gasteiger charge is -2.24. The highest BCUT2D eigenvalue weighted by Gasteiger charge is 2.20. The van der Waals surface area contributed by atoms with E-state index in [1.807, 2.05) is 12.1 Å². The first-order valence-electron chi connectivity index (χ1n) is 6.82. The van der Waals surface area contributed by atoms with Crippen molar-refractivity contribution in [1.29, 1.82) is 0 Å². The van der Waals surface area contributed by atoms with Crippen molar-refractivity contribution in [3.8, 4) is 5.88 Å². The summed E-state index contributed by atoms with van der Waals surface area (Å²) >= 11 is 0. The van der Waals surface area contributed by atoms with Gasteiger partial charge in [-0.25, -0.2) is 0 Å². The fourth-order valence-electron chi connectivity index (χ4n) is 1.97. The Labute approximate surface area is 115 Å². The van der Waals surface area contributed by atoms with Gasteiger partial charge >= 0.3 is 0 Å². The molecule has 0 spiro atoms. The Kier molecular flexibility index (Phi) is 7.36. The largest absolute Gasteiger partial charge is 0.480 e. The van der Waals surface area contributed by atoms with E-state index < -0.39 is 0 Å². The van der Waals surface area contributed by atoms with E-state index in [0.29, 0.717) is 11.8 Å². The minimum Gasteiger partial charge on any atom is -0.480 e. The van der Waals surface area contributed by atoms with Gasteiger partial charge in [0.1, 0.15) is 0 Å². The summed E-state index contributed by atoms with van der Waals surface area (Å²) in [7, 11) is 3.33. The van der Waals surface area contributed by atoms with Gasteiger partial charge < -0.3 is 14.8 Å². The summed E-state index contributed by atoms with van der Waals surface area (Å²) in [5.41, 5.74) is 0.956. The van der Waals surface area contributed by atoms with Crippen LogP contribution in [0.1, 0.15) is 38.4 Å². The number of hydrogen-bond acceptors (Lipinski definition) is 5. The zero-order valence-corrected chi connectivity index (χ0v) is 12.3. The van der Waals surface area contributed by atoms with Gasteiger partial charge in [0.15, 0.2) is 0 Å². The number of hydrogen-bond donors (Lipinski definition) is 1. The van der Waals surface area contributed by atoms with Gasteiger partial charge in [-0.05, 0) is 31.4 Å². The number of methoxy groups -OCH3 is 2. The van der Waals surface area contributed by atoms with Crippen LogP contribution in [0.2, 0.25) is 0 Å². The number of rotatable bonds is 9. The predicted molar refractivity (Wildman–Crippen MR) is 75.3 cm³/mol. The van der Waals surface area contributed by atoms with Crippen LogP contribution in [0.25, 0.3) is 0 Å². The molecule has 0 saturated carbocycles. The molecule has 0 amide bonds. The second kappa shape index (κ2) is 8.82. The Morgan fingerprint density at radius 2 is 2.05 bits per heavy atom. The van der Waals surface area contributed by atoms with Crippen LogP contribution in [0.3, 0.4) is 0 Å². The first kappa shape index (κ1) is 15.9. The normalized spacial score (nSPS) is 14.1. The molecule has 5 nitrogen and oxygen atoms in total. The fourth-order valence-corrected chi connectivity index (χ4v) is 1.97. The molecule has 1 aromatic heterocycles. The second-order valence-corrected chi connectivity index (χ2v) is 4.69. The Morgan fingerprint density at radius 3 is 2.58 bits per heavy atom. The van der Waals surface area contributed by atoms with Gasteiger partial charge in [-0.15, -0.1) is 5.10 Å². The highest BCUT2D eigenvalue weighted by Crippen LogP contribution is 2.23. The number of nitrogens with one attached hydrogen (secondary N) is 1. The number of aromatic nitrogens is 2. The van der Waals surface area contributed by atoms with E-state index in [9.17, 15) is 0 Å². The van der Waals surface area contributed by atoms with Crippen molar-refractivity contribution in [3.05, 3.63) is 17.8 Å². The van der Waals surface area contributed by atoms with Gasteiger partial charge in [-0.1, -0.05) is 13.8 Å². The van der Waals surface area contributed by atoms with Crippen molar-refractivity contribution in [2.45, 2.75) is 32.7 Å². The molecule has 0 aromatic carbocycles. The first-order valence-corrected chi connectivity index (χ1v) is 6.82. The molecule has 0 bridgehead atoms. The lowest BCUT2D eigenvalue weighted by Crippen LogP contribution is -2.29. The average molecular weight is 267 g/mol. The van der Waals surface area contributed by atoms with E-state index in [1.165, 1.54) is 0 Å². The van der Waals surface area contributed by atoms with Crippen LogP contribution in [-0.4, -0.2) is 37.6 Å². The standard InChI is InChI=1S/C14H25N3O2/c1-5-9-15-14(11(2)8-10-18-3)12-6-7-13(19-4)17-16-12/h6-7,11,14-15H,5,8-10H2,1-4H3. The first-order chi connectivity index (χ1) is 9.22. The molecule has 1 rings (SSSR count). The summed E-state index contributed by atoms with van der Waals surface area (Å²) in [4.78, 5) is 0. The van der Waals surface area contributed by atoms with Crippen molar-refractivity contribution in [1.82, 2.24) is 15.5 Å². The number of nitrogens with zero attached hydrogens (tertiary/aromatic N) is 2. The van der Waals surface area contributed by atoms with Crippen LogP contribution in [0.15, 0.2) is 12.1 Å². The summed E-state index contributed by atoms with van der Waals surface area (Å²) in [6.07, 6.45) is 2.09. The van der Waals surface area contributed by atoms with Crippen molar-refractivity contribution in [3.63, 3.8) is 0 Å². The van der Waals surface area contributed by atoms with Crippen molar-refractivity contribution >= 4 is 0 Å². The molecule has 2 unspecified atom stereocenters. The molecule has 0 radical (unpaired) electrons. The van der Waals surface area contributed by atoms with E-state index in [1.54, 1.807) is 14.2 Å². The fraction of sp³-hybridized carbons (Fsp3) is 0.714. The predicted octanol–water partition coefficient (Wildman–Crippen LogP) is 2.20. The Bertz CT molecular complexity index is 343. The maximum absolute atomic E-state index is 5.16. The zero-order valence-electron chi connectivity index (χ0n) is 12.3. The van der Waals surface area contributed by atoms with Crippen LogP contribution >= 0.6 is 0 Å². The van der Waals surface area contributed by atoms with Crippen molar-refractivity contribution < 1.29 is 9.47 Å². The molecule has 0 aliphatic rings. The topological polar surface area (TPSA) is 56.3 Å². The second-order valence-electron chi connectivity index (χ2n) is 4.69. The van der Waals surface area contributed by atoms with E-state index in [2.05, 4.69) is 29.4 Å². The summed E-state index contributed by atoms with van der Waals surface area (Å²) in [5, 5.41) is 11.8. The van der Waals surface area contributed by atoms with Gasteiger partial charge in [0.05, 0.1) is 18.8 Å². The molecule has 2 atom stereocenters. The summed E-state index contributed by atoms with van der Waals surface area (Å²) in [5.74, 6) is 0.983. The minimum atomic E-state index is 0.202. The number of ether oxygens (including phenoxy) is 2. The summed E-state index contributed by atoms with van der Waals surface area (Å²) < 4.78 is 10.2. The maximum Gasteiger partial charge on any atom is 0.233 e. The van der Waals surface area contributed by atoms with Gasteiger partial charge in [0, 0.05) is 19.8 Å². The lowest BCUT2D eigenvalue weighted by atomic mass is 9.95. The van der Waals surface area contributed by atoms with Crippen molar-refractivity contribution in [2.75, 3.05) is 27.4 Å². The molecular weight excluding hydrogens is 242 g/mol. The molecule has 0 aliphatic carbocycles. The molecule has 1 N–H and O–H groups in total. The van der Waals surface area contributed by atoms with Gasteiger partial charge in [-0.2, -0.15) is 5.10 Å². The van der Waals surface area contributed by atoms with E-state index in [4.69, 9.17) is 9.47 Å². The highest BCUT2D eigenvalue weighted by atomic mass is 16.5. The van der Waals surface area contributed by atoms with Crippen LogP contribution in [0, 0.1) is 5.92 Å². The molecule has 0 aliphatic heterocycles. The van der Waals surface area contributed by atoms with Gasteiger partial charge in [0.2, 0.25) is 5.88 Å². The van der Waals surface area contributed by atoms with E-state index >= 15 is 0 Å². The Balaban J connectivity index is 2.75. The highest BCUT2D eigenvalue weighted by molar-refractivity contribution is 5.14. The molecule has 1 aromatic rings. The smallest absolute Gasteiger partial charge is 0.233 e. The van der Waals surface area contributed by atoms with Gasteiger partial charge in [0.25, 0.3) is 0 Å². The summed E-state index contributed by atoms with van der Waals surface area (Å²) in [6.45, 7) is 6.09. The minimum absolute atomic E-state index is 0.202. The molecule has 1 heterocycles. The van der Waals surface area contributed by atoms with Crippen molar-refractivity contribution in [2.24, 2.45) is 5.92 Å². The van der Waals surface area contributed by atoms with Crippen LogP contribution in [-0.2, 0) is 4.74 Å². The van der Waals surface area contributed by atoms with E-state index in [0.717, 1.165) is 31.7 Å². The third-order valence-corrected chi connectivity index (χ3v) is 3.15. The molecule has 0 fully saturated rings. The quantitative estimate of drug-likeness (QED) is 0.743. The molecular formula is C14H25N3O2. The third-order valence-electron chi connectivity index (χ3n) is 3.15. The molecule has 19 heavy (non-hydrogen) atoms. The van der Waals surface area contributed by atoms with E-state index in [-0.39, 0.29) is 6.04 Å². The maximum atomic E-state index is 5.16. The monoisotopic (exact) mass is 267 g/mol. The SMILES string of the molecule is CCCNC(c1ccc(OC)nn1)C(C)CCOC. The Morgan fingerprint density at radius 1 is 1.26 bits per heavy atom. The average Bonchev–Trinajstić information content (AvgIpc) is 2.46. The summed E-state index contributed by atoms with van der Waals surface area (Å²) in [6, 6.07) is 4.03. The Hall–Kier alpha value is -1.20. The molecule has 108 valence electrons. The molecule has 0 saturated heterocycles. The third kappa shape index (κ3) is 5.12. The van der Waals surface area contributed by atoms with Gasteiger partial charge in [-0.3, -0.25) is 0 Å². The zero-order chi connectivity index (χ0) is 14.1. The van der Waals surface area contributed by atoms with Crippen LogP contribution in [0.4, 0.5) is 0 Å². The van der Waals surface area contributed by atoms with Crippen LogP contribution < -0.4 is 10.1 Å². The lowest BCUT2D eigenvalue weighted by molar-refractivity contribution is 0.169. The molecule has 5 heteroatoms. The van der Waals surface area contributed by atoms with Crippen LogP contribution in [0.5, 0.6) is 5.88 Å².